The third-order valence-corrected chi connectivity index (χ3v) is 5.03. The molecule has 0 fully saturated rings. The molecule has 5 heteroatoms. The van der Waals surface area contributed by atoms with Crippen molar-refractivity contribution >= 4 is 17.5 Å². The number of fused-ring (bicyclic) bond motifs is 2. The largest absolute Gasteiger partial charge is 0.373 e. The van der Waals surface area contributed by atoms with E-state index in [4.69, 9.17) is 0 Å². The van der Waals surface area contributed by atoms with Gasteiger partial charge in [0.2, 0.25) is 5.91 Å². The molecule has 2 unspecified atom stereocenters. The zero-order chi connectivity index (χ0) is 17.4. The van der Waals surface area contributed by atoms with Gasteiger partial charge in [-0.1, -0.05) is 36.4 Å². The highest BCUT2D eigenvalue weighted by atomic mass is 16.2. The van der Waals surface area contributed by atoms with Crippen molar-refractivity contribution in [3.05, 3.63) is 64.7 Å². The number of nitrogens with one attached hydrogen (secondary N) is 3. The summed E-state index contributed by atoms with van der Waals surface area (Å²) in [7, 11) is 0. The van der Waals surface area contributed by atoms with Crippen molar-refractivity contribution in [3.63, 3.8) is 0 Å². The van der Waals surface area contributed by atoms with Gasteiger partial charge in [-0.2, -0.15) is 0 Å². The van der Waals surface area contributed by atoms with Gasteiger partial charge in [-0.3, -0.25) is 9.59 Å². The molecule has 2 atom stereocenters. The van der Waals surface area contributed by atoms with Crippen LogP contribution in [0.25, 0.3) is 0 Å². The summed E-state index contributed by atoms with van der Waals surface area (Å²) < 4.78 is 0. The number of anilines is 1. The first kappa shape index (κ1) is 15.7. The third kappa shape index (κ3) is 2.86. The molecule has 0 aliphatic carbocycles. The SMILES string of the molecule is Cc1cccc2c1NC(C(=O)NC1CCNC(=O)c3ccccc31)C2. The van der Waals surface area contributed by atoms with Gasteiger partial charge < -0.3 is 16.0 Å². The highest BCUT2D eigenvalue weighted by molar-refractivity contribution is 5.96. The quantitative estimate of drug-likeness (QED) is 0.789. The van der Waals surface area contributed by atoms with Gasteiger partial charge in [0.25, 0.3) is 5.91 Å². The maximum atomic E-state index is 12.8. The van der Waals surface area contributed by atoms with Crippen molar-refractivity contribution in [1.29, 1.82) is 0 Å². The van der Waals surface area contributed by atoms with Crippen molar-refractivity contribution in [1.82, 2.24) is 10.6 Å². The molecule has 5 nitrogen and oxygen atoms in total. The number of carbonyl (C=O) groups excluding carboxylic acids is 2. The molecule has 0 spiro atoms. The van der Waals surface area contributed by atoms with Crippen molar-refractivity contribution in [2.45, 2.75) is 31.8 Å². The van der Waals surface area contributed by atoms with Gasteiger partial charge in [0, 0.05) is 24.2 Å². The first-order valence-corrected chi connectivity index (χ1v) is 8.66. The highest BCUT2D eigenvalue weighted by Crippen LogP contribution is 2.30. The van der Waals surface area contributed by atoms with Crippen LogP contribution in [-0.2, 0) is 11.2 Å². The second-order valence-corrected chi connectivity index (χ2v) is 6.70. The fraction of sp³-hybridized carbons (Fsp3) is 0.300. The van der Waals surface area contributed by atoms with Gasteiger partial charge in [-0.05, 0) is 36.1 Å². The lowest BCUT2D eigenvalue weighted by molar-refractivity contribution is -0.122. The van der Waals surface area contributed by atoms with E-state index in [0.717, 1.165) is 16.8 Å². The normalized spacial score (nSPS) is 21.4. The predicted octanol–water partition coefficient (Wildman–Crippen LogP) is 2.32. The molecular weight excluding hydrogens is 314 g/mol. The van der Waals surface area contributed by atoms with E-state index >= 15 is 0 Å². The number of carbonyl (C=O) groups is 2. The summed E-state index contributed by atoms with van der Waals surface area (Å²) in [6, 6.07) is 13.2. The van der Waals surface area contributed by atoms with Gasteiger partial charge in [0.05, 0.1) is 6.04 Å². The van der Waals surface area contributed by atoms with Gasteiger partial charge in [-0.15, -0.1) is 0 Å². The Morgan fingerprint density at radius 2 is 2.00 bits per heavy atom. The molecule has 0 bridgehead atoms. The fourth-order valence-electron chi connectivity index (χ4n) is 3.72. The average Bonchev–Trinajstić information content (AvgIpc) is 3.00. The highest BCUT2D eigenvalue weighted by Gasteiger charge is 2.30. The molecule has 128 valence electrons. The number of amides is 2. The minimum atomic E-state index is -0.268. The minimum absolute atomic E-state index is 0.0234. The van der Waals surface area contributed by atoms with E-state index < -0.39 is 0 Å². The first-order valence-electron chi connectivity index (χ1n) is 8.66. The van der Waals surface area contributed by atoms with E-state index in [0.29, 0.717) is 24.9 Å². The van der Waals surface area contributed by atoms with E-state index in [9.17, 15) is 9.59 Å². The molecule has 3 N–H and O–H groups in total. The number of hydrogen-bond donors (Lipinski definition) is 3. The molecule has 2 heterocycles. The van der Waals surface area contributed by atoms with Crippen LogP contribution < -0.4 is 16.0 Å². The lowest BCUT2D eigenvalue weighted by Gasteiger charge is -2.21. The Labute approximate surface area is 146 Å². The van der Waals surface area contributed by atoms with Gasteiger partial charge in [0.15, 0.2) is 0 Å². The van der Waals surface area contributed by atoms with Crippen molar-refractivity contribution in [3.8, 4) is 0 Å². The molecule has 0 saturated heterocycles. The monoisotopic (exact) mass is 335 g/mol. The molecule has 25 heavy (non-hydrogen) atoms. The molecule has 4 rings (SSSR count). The molecule has 2 aliphatic rings. The number of para-hydroxylation sites is 1. The van der Waals surface area contributed by atoms with E-state index in [2.05, 4.69) is 22.0 Å². The lowest BCUT2D eigenvalue weighted by atomic mass is 9.98. The Balaban J connectivity index is 1.53. The van der Waals surface area contributed by atoms with Crippen LogP contribution in [0.1, 0.15) is 39.5 Å². The summed E-state index contributed by atoms with van der Waals surface area (Å²) in [5.41, 5.74) is 4.93. The Bertz CT molecular complexity index is 847. The minimum Gasteiger partial charge on any atom is -0.373 e. The van der Waals surface area contributed by atoms with E-state index in [1.165, 1.54) is 5.56 Å². The van der Waals surface area contributed by atoms with E-state index in [1.807, 2.05) is 43.3 Å². The fourth-order valence-corrected chi connectivity index (χ4v) is 3.72. The van der Waals surface area contributed by atoms with Gasteiger partial charge in [0.1, 0.15) is 6.04 Å². The van der Waals surface area contributed by atoms with E-state index in [1.54, 1.807) is 0 Å². The van der Waals surface area contributed by atoms with Crippen molar-refractivity contribution in [2.75, 3.05) is 11.9 Å². The van der Waals surface area contributed by atoms with Crippen LogP contribution in [0.5, 0.6) is 0 Å². The molecule has 0 saturated carbocycles. The van der Waals surface area contributed by atoms with Crippen LogP contribution in [0, 0.1) is 6.92 Å². The van der Waals surface area contributed by atoms with Crippen LogP contribution >= 0.6 is 0 Å². The average molecular weight is 335 g/mol. The maximum absolute atomic E-state index is 12.8. The Kier molecular flexibility index (Phi) is 3.92. The number of rotatable bonds is 2. The summed E-state index contributed by atoms with van der Waals surface area (Å²) in [5.74, 6) is -0.0980. The van der Waals surface area contributed by atoms with Crippen LogP contribution in [0.15, 0.2) is 42.5 Å². The first-order chi connectivity index (χ1) is 12.1. The molecule has 2 amide bonds. The van der Waals surface area contributed by atoms with Crippen molar-refractivity contribution < 1.29 is 9.59 Å². The van der Waals surface area contributed by atoms with Gasteiger partial charge in [-0.25, -0.2) is 0 Å². The van der Waals surface area contributed by atoms with Crippen LogP contribution in [0.2, 0.25) is 0 Å². The van der Waals surface area contributed by atoms with Gasteiger partial charge >= 0.3 is 0 Å². The summed E-state index contributed by atoms with van der Waals surface area (Å²) in [4.78, 5) is 25.0. The summed E-state index contributed by atoms with van der Waals surface area (Å²) in [6.45, 7) is 2.60. The third-order valence-electron chi connectivity index (χ3n) is 5.03. The molecule has 2 aromatic carbocycles. The predicted molar refractivity (Wildman–Crippen MR) is 96.6 cm³/mol. The van der Waals surface area contributed by atoms with Crippen LogP contribution in [0.4, 0.5) is 5.69 Å². The van der Waals surface area contributed by atoms with Crippen LogP contribution in [-0.4, -0.2) is 24.4 Å². The molecule has 2 aliphatic heterocycles. The molecule has 0 aromatic heterocycles. The van der Waals surface area contributed by atoms with Crippen LogP contribution in [0.3, 0.4) is 0 Å². The smallest absolute Gasteiger partial charge is 0.251 e. The Morgan fingerprint density at radius 3 is 2.84 bits per heavy atom. The van der Waals surface area contributed by atoms with E-state index in [-0.39, 0.29) is 23.9 Å². The Morgan fingerprint density at radius 1 is 1.16 bits per heavy atom. The molecule has 0 radical (unpaired) electrons. The topological polar surface area (TPSA) is 70.2 Å². The molecule has 2 aromatic rings. The maximum Gasteiger partial charge on any atom is 0.251 e. The number of benzene rings is 2. The lowest BCUT2D eigenvalue weighted by Crippen LogP contribution is -2.40. The molecular formula is C20H21N3O2. The second kappa shape index (κ2) is 6.24. The number of hydrogen-bond acceptors (Lipinski definition) is 3. The number of aryl methyl sites for hydroxylation is 1. The summed E-state index contributed by atoms with van der Waals surface area (Å²) >= 11 is 0. The zero-order valence-electron chi connectivity index (χ0n) is 14.1. The summed E-state index contributed by atoms with van der Waals surface area (Å²) in [5, 5.41) is 9.37. The zero-order valence-corrected chi connectivity index (χ0v) is 14.1. The summed E-state index contributed by atoms with van der Waals surface area (Å²) in [6.07, 6.45) is 1.38. The standard InChI is InChI=1S/C20H21N3O2/c1-12-5-4-6-13-11-17(22-18(12)13)20(25)23-16-9-10-21-19(24)15-8-3-2-7-14(15)16/h2-8,16-17,22H,9-11H2,1H3,(H,21,24)(H,23,25). The van der Waals surface area contributed by atoms with Crippen molar-refractivity contribution in [2.24, 2.45) is 0 Å². The second-order valence-electron chi connectivity index (χ2n) is 6.70. The Hall–Kier alpha value is -2.82.